The van der Waals surface area contributed by atoms with Crippen molar-refractivity contribution in [3.05, 3.63) is 0 Å². The molecule has 1 aliphatic carbocycles. The van der Waals surface area contributed by atoms with Crippen LogP contribution in [0.2, 0.25) is 0 Å². The largest absolute Gasteiger partial charge is 0.396 e. The third-order valence-electron chi connectivity index (χ3n) is 3.78. The van der Waals surface area contributed by atoms with E-state index in [9.17, 15) is 4.79 Å². The van der Waals surface area contributed by atoms with Crippen molar-refractivity contribution in [2.75, 3.05) is 19.7 Å². The monoisotopic (exact) mass is 242 g/mol. The van der Waals surface area contributed by atoms with Gasteiger partial charge in [-0.25, -0.2) is 0 Å². The summed E-state index contributed by atoms with van der Waals surface area (Å²) in [4.78, 5) is 11.6. The molecule has 0 bridgehead atoms. The highest BCUT2D eigenvalue weighted by Crippen LogP contribution is 2.47. The summed E-state index contributed by atoms with van der Waals surface area (Å²) in [5.41, 5.74) is 5.68. The van der Waals surface area contributed by atoms with Crippen LogP contribution < -0.4 is 11.1 Å². The minimum Gasteiger partial charge on any atom is -0.396 e. The summed E-state index contributed by atoms with van der Waals surface area (Å²) in [7, 11) is 0. The standard InChI is InChI=1S/C13H26N2O2/c1-11(4-8-14)2-3-12(17)15-10-13(5-6-13)7-9-16/h11,16H,2-10,14H2,1H3,(H,15,17). The SMILES string of the molecule is CC(CCN)CCC(=O)NCC1(CCO)CC1. The first-order chi connectivity index (χ1) is 8.12. The highest BCUT2D eigenvalue weighted by Gasteiger charge is 2.41. The van der Waals surface area contributed by atoms with E-state index in [1.54, 1.807) is 0 Å². The van der Waals surface area contributed by atoms with Crippen LogP contribution in [0.3, 0.4) is 0 Å². The lowest BCUT2D eigenvalue weighted by molar-refractivity contribution is -0.121. The molecule has 0 heterocycles. The number of amides is 1. The van der Waals surface area contributed by atoms with Gasteiger partial charge in [0.05, 0.1) is 0 Å². The van der Waals surface area contributed by atoms with Gasteiger partial charge in [-0.3, -0.25) is 4.79 Å². The molecule has 1 rings (SSSR count). The van der Waals surface area contributed by atoms with E-state index < -0.39 is 0 Å². The topological polar surface area (TPSA) is 75.4 Å². The van der Waals surface area contributed by atoms with Gasteiger partial charge in [0.25, 0.3) is 0 Å². The molecular formula is C13H26N2O2. The summed E-state index contributed by atoms with van der Waals surface area (Å²) in [6.45, 7) is 3.79. The average molecular weight is 242 g/mol. The number of rotatable bonds is 9. The second-order valence-electron chi connectivity index (χ2n) is 5.47. The molecule has 1 fully saturated rings. The van der Waals surface area contributed by atoms with Crippen LogP contribution in [0.4, 0.5) is 0 Å². The third kappa shape index (κ3) is 5.50. The molecule has 0 radical (unpaired) electrons. The quantitative estimate of drug-likeness (QED) is 0.565. The Labute approximate surface area is 104 Å². The summed E-state index contributed by atoms with van der Waals surface area (Å²) >= 11 is 0. The molecule has 0 spiro atoms. The summed E-state index contributed by atoms with van der Waals surface area (Å²) in [6, 6.07) is 0. The van der Waals surface area contributed by atoms with Crippen LogP contribution in [0.1, 0.15) is 45.4 Å². The lowest BCUT2D eigenvalue weighted by Crippen LogP contribution is -2.30. The zero-order valence-corrected chi connectivity index (χ0v) is 10.9. The van der Waals surface area contributed by atoms with Crippen molar-refractivity contribution < 1.29 is 9.90 Å². The first-order valence-corrected chi connectivity index (χ1v) is 6.69. The molecule has 1 atom stereocenters. The fourth-order valence-electron chi connectivity index (χ4n) is 2.11. The van der Waals surface area contributed by atoms with Crippen molar-refractivity contribution in [1.29, 1.82) is 0 Å². The van der Waals surface area contributed by atoms with Crippen LogP contribution in [0.15, 0.2) is 0 Å². The van der Waals surface area contributed by atoms with E-state index in [-0.39, 0.29) is 17.9 Å². The molecule has 0 aromatic carbocycles. The van der Waals surface area contributed by atoms with Gasteiger partial charge in [-0.2, -0.15) is 0 Å². The fraction of sp³-hybridized carbons (Fsp3) is 0.923. The molecule has 4 heteroatoms. The van der Waals surface area contributed by atoms with E-state index in [4.69, 9.17) is 10.8 Å². The Bertz CT molecular complexity index is 240. The van der Waals surface area contributed by atoms with Gasteiger partial charge in [-0.1, -0.05) is 6.92 Å². The maximum Gasteiger partial charge on any atom is 0.220 e. The summed E-state index contributed by atoms with van der Waals surface area (Å²) in [5, 5.41) is 11.9. The van der Waals surface area contributed by atoms with Crippen LogP contribution in [-0.4, -0.2) is 30.7 Å². The predicted octanol–water partition coefficient (Wildman–Crippen LogP) is 1.03. The Kier molecular flexibility index (Phi) is 5.92. The molecular weight excluding hydrogens is 216 g/mol. The number of hydrogen-bond donors (Lipinski definition) is 3. The van der Waals surface area contributed by atoms with Crippen molar-refractivity contribution in [1.82, 2.24) is 5.32 Å². The Hall–Kier alpha value is -0.610. The van der Waals surface area contributed by atoms with Crippen molar-refractivity contribution in [2.24, 2.45) is 17.1 Å². The molecule has 1 saturated carbocycles. The smallest absolute Gasteiger partial charge is 0.220 e. The molecule has 4 nitrogen and oxygen atoms in total. The van der Waals surface area contributed by atoms with Gasteiger partial charge < -0.3 is 16.2 Å². The van der Waals surface area contributed by atoms with E-state index in [1.807, 2.05) is 0 Å². The number of nitrogens with one attached hydrogen (secondary N) is 1. The van der Waals surface area contributed by atoms with Crippen molar-refractivity contribution >= 4 is 5.91 Å². The Morgan fingerprint density at radius 2 is 2.18 bits per heavy atom. The number of hydrogen-bond acceptors (Lipinski definition) is 3. The van der Waals surface area contributed by atoms with Gasteiger partial charge in [0.15, 0.2) is 0 Å². The summed E-state index contributed by atoms with van der Waals surface area (Å²) in [5.74, 6) is 0.663. The van der Waals surface area contributed by atoms with Gasteiger partial charge in [-0.15, -0.1) is 0 Å². The van der Waals surface area contributed by atoms with E-state index in [2.05, 4.69) is 12.2 Å². The van der Waals surface area contributed by atoms with Crippen molar-refractivity contribution in [2.45, 2.75) is 45.4 Å². The van der Waals surface area contributed by atoms with Crippen LogP contribution in [-0.2, 0) is 4.79 Å². The molecule has 0 aromatic heterocycles. The molecule has 0 aliphatic heterocycles. The van der Waals surface area contributed by atoms with E-state index in [0.717, 1.165) is 38.6 Å². The predicted molar refractivity (Wildman–Crippen MR) is 68.4 cm³/mol. The molecule has 1 aliphatic rings. The summed E-state index contributed by atoms with van der Waals surface area (Å²) < 4.78 is 0. The average Bonchev–Trinajstić information content (AvgIpc) is 3.05. The minimum atomic E-state index is 0.137. The zero-order chi connectivity index (χ0) is 12.7. The lowest BCUT2D eigenvalue weighted by Gasteiger charge is -2.15. The normalized spacial score (nSPS) is 18.8. The highest BCUT2D eigenvalue weighted by molar-refractivity contribution is 5.75. The fourth-order valence-corrected chi connectivity index (χ4v) is 2.11. The first-order valence-electron chi connectivity index (χ1n) is 6.69. The highest BCUT2D eigenvalue weighted by atomic mass is 16.3. The second kappa shape index (κ2) is 6.97. The maximum absolute atomic E-state index is 11.6. The number of aliphatic hydroxyl groups excluding tert-OH is 1. The molecule has 1 amide bonds. The first kappa shape index (κ1) is 14.5. The lowest BCUT2D eigenvalue weighted by atomic mass is 10.0. The van der Waals surface area contributed by atoms with Gasteiger partial charge in [0, 0.05) is 19.6 Å². The van der Waals surface area contributed by atoms with Gasteiger partial charge >= 0.3 is 0 Å². The number of carbonyl (C=O) groups excluding carboxylic acids is 1. The Balaban J connectivity index is 2.09. The second-order valence-corrected chi connectivity index (χ2v) is 5.47. The van der Waals surface area contributed by atoms with Crippen molar-refractivity contribution in [3.8, 4) is 0 Å². The zero-order valence-electron chi connectivity index (χ0n) is 10.9. The van der Waals surface area contributed by atoms with Crippen LogP contribution in [0.25, 0.3) is 0 Å². The van der Waals surface area contributed by atoms with Crippen LogP contribution >= 0.6 is 0 Å². The van der Waals surface area contributed by atoms with Crippen LogP contribution in [0, 0.1) is 11.3 Å². The summed E-state index contributed by atoms with van der Waals surface area (Å²) in [6.07, 6.45) is 5.58. The van der Waals surface area contributed by atoms with E-state index in [0.29, 0.717) is 18.9 Å². The van der Waals surface area contributed by atoms with E-state index >= 15 is 0 Å². The van der Waals surface area contributed by atoms with Gasteiger partial charge in [0.2, 0.25) is 5.91 Å². The van der Waals surface area contributed by atoms with Gasteiger partial charge in [0.1, 0.15) is 0 Å². The molecule has 100 valence electrons. The number of nitrogens with two attached hydrogens (primary N) is 1. The molecule has 0 saturated heterocycles. The molecule has 17 heavy (non-hydrogen) atoms. The Morgan fingerprint density at radius 1 is 1.47 bits per heavy atom. The Morgan fingerprint density at radius 3 is 2.71 bits per heavy atom. The van der Waals surface area contributed by atoms with Crippen molar-refractivity contribution in [3.63, 3.8) is 0 Å². The molecule has 4 N–H and O–H groups in total. The number of aliphatic hydroxyl groups is 1. The van der Waals surface area contributed by atoms with Crippen LogP contribution in [0.5, 0.6) is 0 Å². The van der Waals surface area contributed by atoms with E-state index in [1.165, 1.54) is 0 Å². The molecule has 1 unspecified atom stereocenters. The maximum atomic E-state index is 11.6. The third-order valence-corrected chi connectivity index (χ3v) is 3.78. The minimum absolute atomic E-state index is 0.137. The van der Waals surface area contributed by atoms with Gasteiger partial charge in [-0.05, 0) is 50.0 Å². The molecule has 0 aromatic rings. The number of carbonyl (C=O) groups is 1.